The van der Waals surface area contributed by atoms with Crippen LogP contribution in [0.15, 0.2) is 24.3 Å². The number of carbonyl (C=O) groups excluding carboxylic acids is 1. The van der Waals surface area contributed by atoms with Crippen molar-refractivity contribution < 1.29 is 14.6 Å². The summed E-state index contributed by atoms with van der Waals surface area (Å²) in [4.78, 5) is 12.6. The van der Waals surface area contributed by atoms with Crippen LogP contribution in [0.3, 0.4) is 0 Å². The average molecular weight is 316 g/mol. The van der Waals surface area contributed by atoms with Gasteiger partial charge in [-0.05, 0) is 61.9 Å². The zero-order valence-electron chi connectivity index (χ0n) is 14.5. The van der Waals surface area contributed by atoms with Gasteiger partial charge in [0.2, 0.25) is 0 Å². The van der Waals surface area contributed by atoms with Gasteiger partial charge in [0.05, 0.1) is 11.5 Å². The van der Waals surface area contributed by atoms with E-state index >= 15 is 0 Å². The van der Waals surface area contributed by atoms with E-state index in [1.54, 1.807) is 0 Å². The van der Waals surface area contributed by atoms with Crippen LogP contribution in [0.25, 0.3) is 0 Å². The first-order valence-electron chi connectivity index (χ1n) is 8.98. The van der Waals surface area contributed by atoms with Gasteiger partial charge in [0.25, 0.3) is 0 Å². The van der Waals surface area contributed by atoms with E-state index in [-0.39, 0.29) is 28.8 Å². The fourth-order valence-electron chi connectivity index (χ4n) is 6.27. The Morgan fingerprint density at radius 3 is 2.74 bits per heavy atom. The Bertz CT molecular complexity index is 608. The molecule has 0 aromatic heterocycles. The molecule has 2 saturated carbocycles. The fraction of sp³-hybridized carbons (Fsp3) is 0.750. The minimum atomic E-state index is -0.737. The summed E-state index contributed by atoms with van der Waals surface area (Å²) < 4.78 is 5.77. The molecule has 7 atom stereocenters. The van der Waals surface area contributed by atoms with E-state index in [1.165, 1.54) is 5.57 Å². The van der Waals surface area contributed by atoms with Crippen LogP contribution in [0.4, 0.5) is 0 Å². The lowest BCUT2D eigenvalue weighted by Crippen LogP contribution is -2.58. The molecular weight excluding hydrogens is 288 g/mol. The maximum absolute atomic E-state index is 12.6. The lowest BCUT2D eigenvalue weighted by atomic mass is 9.45. The Labute approximate surface area is 138 Å². The molecule has 0 amide bonds. The highest BCUT2D eigenvalue weighted by Crippen LogP contribution is 2.66. The van der Waals surface area contributed by atoms with Crippen molar-refractivity contribution in [2.75, 3.05) is 0 Å². The van der Waals surface area contributed by atoms with Gasteiger partial charge in [-0.25, -0.2) is 0 Å². The number of fused-ring (bicyclic) bond motifs is 2. The topological polar surface area (TPSA) is 46.5 Å². The van der Waals surface area contributed by atoms with Gasteiger partial charge in [-0.3, -0.25) is 4.79 Å². The van der Waals surface area contributed by atoms with Crippen LogP contribution >= 0.6 is 0 Å². The van der Waals surface area contributed by atoms with Crippen LogP contribution in [0.5, 0.6) is 0 Å². The molecule has 3 heteroatoms. The summed E-state index contributed by atoms with van der Waals surface area (Å²) in [5, 5.41) is 10.6. The Hall–Kier alpha value is -1.09. The SMILES string of the molecule is C=C[C@]1(C)CCC2C(=CC3OC(=O)[C@@]4(C)C(O)CC[C@@]2(C)C34)C1. The van der Waals surface area contributed by atoms with Crippen LogP contribution in [-0.2, 0) is 9.53 Å². The first kappa shape index (κ1) is 15.4. The van der Waals surface area contributed by atoms with Crippen molar-refractivity contribution in [1.29, 1.82) is 0 Å². The number of ether oxygens (including phenoxy) is 1. The molecule has 4 aliphatic rings. The number of rotatable bonds is 1. The van der Waals surface area contributed by atoms with Gasteiger partial charge in [0, 0.05) is 5.92 Å². The molecule has 1 aliphatic heterocycles. The van der Waals surface area contributed by atoms with Crippen molar-refractivity contribution in [2.24, 2.45) is 28.1 Å². The molecule has 0 spiro atoms. The lowest BCUT2D eigenvalue weighted by Gasteiger charge is -2.58. The summed E-state index contributed by atoms with van der Waals surface area (Å²) in [5.74, 6) is 0.416. The molecule has 4 rings (SSSR count). The third-order valence-corrected chi connectivity index (χ3v) is 7.74. The second-order valence-electron chi connectivity index (χ2n) is 9.06. The van der Waals surface area contributed by atoms with E-state index in [1.807, 2.05) is 6.92 Å². The minimum Gasteiger partial charge on any atom is -0.457 e. The second kappa shape index (κ2) is 4.50. The summed E-state index contributed by atoms with van der Waals surface area (Å²) in [7, 11) is 0. The van der Waals surface area contributed by atoms with Crippen LogP contribution in [0, 0.1) is 28.1 Å². The third-order valence-electron chi connectivity index (χ3n) is 7.74. The van der Waals surface area contributed by atoms with Crippen LogP contribution < -0.4 is 0 Å². The molecule has 0 aromatic carbocycles. The molecule has 3 fully saturated rings. The molecule has 0 aromatic rings. The van der Waals surface area contributed by atoms with Crippen molar-refractivity contribution in [1.82, 2.24) is 0 Å². The van der Waals surface area contributed by atoms with E-state index < -0.39 is 11.5 Å². The molecule has 0 bridgehead atoms. The minimum absolute atomic E-state index is 0.0530. The molecule has 3 aliphatic carbocycles. The number of aliphatic hydroxyl groups is 1. The largest absolute Gasteiger partial charge is 0.457 e. The highest BCUT2D eigenvalue weighted by Gasteiger charge is 2.69. The van der Waals surface area contributed by atoms with Crippen molar-refractivity contribution in [3.8, 4) is 0 Å². The standard InChI is InChI=1S/C20H28O3/c1-5-18(2)8-6-13-12(11-18)10-14-16-19(13,3)9-7-15(21)20(16,4)17(22)23-14/h5,10,13-16,21H,1,6-9,11H2,2-4H3/t13?,14?,15?,16?,18-,19-,20+/m1/s1. The quantitative estimate of drug-likeness (QED) is 0.593. The molecule has 0 radical (unpaired) electrons. The summed E-state index contributed by atoms with van der Waals surface area (Å²) in [6.07, 6.45) is 8.58. The Balaban J connectivity index is 1.81. The normalized spacial score (nSPS) is 54.6. The molecule has 126 valence electrons. The van der Waals surface area contributed by atoms with Crippen molar-refractivity contribution >= 4 is 5.97 Å². The van der Waals surface area contributed by atoms with Gasteiger partial charge in [0.15, 0.2) is 0 Å². The average Bonchev–Trinajstić information content (AvgIpc) is 2.77. The number of hydrogen-bond acceptors (Lipinski definition) is 3. The van der Waals surface area contributed by atoms with E-state index in [0.29, 0.717) is 12.3 Å². The van der Waals surface area contributed by atoms with Gasteiger partial charge in [-0.15, -0.1) is 6.58 Å². The van der Waals surface area contributed by atoms with E-state index in [9.17, 15) is 9.90 Å². The maximum Gasteiger partial charge on any atom is 0.315 e. The molecule has 4 unspecified atom stereocenters. The summed E-state index contributed by atoms with van der Waals surface area (Å²) in [6, 6.07) is 0. The van der Waals surface area contributed by atoms with E-state index in [4.69, 9.17) is 4.74 Å². The zero-order valence-corrected chi connectivity index (χ0v) is 14.5. The number of carbonyl (C=O) groups is 1. The van der Waals surface area contributed by atoms with Gasteiger partial charge in [0.1, 0.15) is 6.10 Å². The Morgan fingerprint density at radius 1 is 1.30 bits per heavy atom. The fourth-order valence-corrected chi connectivity index (χ4v) is 6.27. The van der Waals surface area contributed by atoms with Gasteiger partial charge >= 0.3 is 5.97 Å². The summed E-state index contributed by atoms with van der Waals surface area (Å²) in [6.45, 7) is 10.6. The van der Waals surface area contributed by atoms with Crippen molar-refractivity contribution in [3.63, 3.8) is 0 Å². The van der Waals surface area contributed by atoms with Crippen LogP contribution in [-0.4, -0.2) is 23.3 Å². The third kappa shape index (κ3) is 1.77. The Morgan fingerprint density at radius 2 is 2.04 bits per heavy atom. The van der Waals surface area contributed by atoms with E-state index in [2.05, 4.69) is 32.6 Å². The number of esters is 1. The van der Waals surface area contributed by atoms with Crippen LogP contribution in [0.2, 0.25) is 0 Å². The van der Waals surface area contributed by atoms with Crippen molar-refractivity contribution in [2.45, 2.75) is 65.1 Å². The van der Waals surface area contributed by atoms with Gasteiger partial charge in [-0.1, -0.05) is 25.5 Å². The van der Waals surface area contributed by atoms with Gasteiger partial charge in [-0.2, -0.15) is 0 Å². The maximum atomic E-state index is 12.6. The molecular formula is C20H28O3. The summed E-state index contributed by atoms with van der Waals surface area (Å²) in [5.41, 5.74) is 0.929. The Kier molecular flexibility index (Phi) is 3.02. The highest BCUT2D eigenvalue weighted by atomic mass is 16.6. The van der Waals surface area contributed by atoms with Gasteiger partial charge < -0.3 is 9.84 Å². The van der Waals surface area contributed by atoms with E-state index in [0.717, 1.165) is 25.7 Å². The smallest absolute Gasteiger partial charge is 0.315 e. The number of aliphatic hydroxyl groups excluding tert-OH is 1. The monoisotopic (exact) mass is 316 g/mol. The highest BCUT2D eigenvalue weighted by molar-refractivity contribution is 5.81. The summed E-state index contributed by atoms with van der Waals surface area (Å²) >= 11 is 0. The first-order valence-corrected chi connectivity index (χ1v) is 8.98. The van der Waals surface area contributed by atoms with Crippen molar-refractivity contribution in [3.05, 3.63) is 24.3 Å². The predicted molar refractivity (Wildman–Crippen MR) is 88.6 cm³/mol. The number of allylic oxidation sites excluding steroid dienone is 2. The number of hydrogen-bond donors (Lipinski definition) is 1. The lowest BCUT2D eigenvalue weighted by molar-refractivity contribution is -0.158. The molecule has 3 nitrogen and oxygen atoms in total. The molecule has 23 heavy (non-hydrogen) atoms. The first-order chi connectivity index (χ1) is 10.7. The second-order valence-corrected chi connectivity index (χ2v) is 9.06. The molecule has 1 heterocycles. The predicted octanol–water partition coefficient (Wildman–Crippen LogP) is 3.63. The molecule has 1 N–H and O–H groups in total. The zero-order chi connectivity index (χ0) is 16.6. The molecule has 1 saturated heterocycles. The van der Waals surface area contributed by atoms with Crippen LogP contribution in [0.1, 0.15) is 52.9 Å².